The summed E-state index contributed by atoms with van der Waals surface area (Å²) in [6, 6.07) is 9.43. The lowest BCUT2D eigenvalue weighted by molar-refractivity contribution is -0.122. The predicted octanol–water partition coefficient (Wildman–Crippen LogP) is 2.46. The number of piperidine rings is 1. The van der Waals surface area contributed by atoms with Crippen LogP contribution >= 0.6 is 0 Å². The summed E-state index contributed by atoms with van der Waals surface area (Å²) < 4.78 is 11.2. The predicted molar refractivity (Wildman–Crippen MR) is 136 cm³/mol. The van der Waals surface area contributed by atoms with Gasteiger partial charge in [-0.1, -0.05) is 0 Å². The average molecular weight is 497 g/mol. The van der Waals surface area contributed by atoms with Gasteiger partial charge < -0.3 is 30.9 Å². The molecule has 4 rings (SSSR count). The van der Waals surface area contributed by atoms with Crippen molar-refractivity contribution in [1.29, 1.82) is 0 Å². The number of carbonyl (C=O) groups excluding carboxylic acids is 1. The number of amides is 1. The standard InChI is InChI=1S/C24H30N6O3.CH2O2/c1-24(2,32-3)13-33-17-8-6-15(7-9-17)19-11-18(22(25)31)20-21(30-19)23(28-14-27-20)29-16-5-4-10-26-12-16;2-1-3/h6-9,11,14,16,26H,4-5,10,12-13H2,1-3H3,(H2,25,31)(H,27,28,29);1H,(H,2,3)/t16-;/m0./s1. The molecule has 11 nitrogen and oxygen atoms in total. The van der Waals surface area contributed by atoms with E-state index in [-0.39, 0.29) is 18.1 Å². The van der Waals surface area contributed by atoms with Gasteiger partial charge in [0.2, 0.25) is 0 Å². The van der Waals surface area contributed by atoms with Crippen LogP contribution in [0.5, 0.6) is 5.75 Å². The summed E-state index contributed by atoms with van der Waals surface area (Å²) in [4.78, 5) is 34.1. The van der Waals surface area contributed by atoms with Crippen LogP contribution in [0.4, 0.5) is 5.82 Å². The van der Waals surface area contributed by atoms with Crippen molar-refractivity contribution in [2.24, 2.45) is 5.73 Å². The molecule has 1 amide bonds. The van der Waals surface area contributed by atoms with Crippen LogP contribution in [0.25, 0.3) is 22.3 Å². The van der Waals surface area contributed by atoms with Crippen LogP contribution in [0.1, 0.15) is 37.0 Å². The fraction of sp³-hybridized carbons (Fsp3) is 0.400. The van der Waals surface area contributed by atoms with Crippen LogP contribution in [0.15, 0.2) is 36.7 Å². The highest BCUT2D eigenvalue weighted by atomic mass is 16.5. The van der Waals surface area contributed by atoms with Crippen molar-refractivity contribution in [3.63, 3.8) is 0 Å². The number of rotatable bonds is 8. The molecule has 0 spiro atoms. The number of methoxy groups -OCH3 is 1. The normalized spacial score (nSPS) is 15.5. The zero-order chi connectivity index (χ0) is 26.1. The number of ether oxygens (including phenoxy) is 2. The average Bonchev–Trinajstić information content (AvgIpc) is 2.88. The number of nitrogens with two attached hydrogens (primary N) is 1. The maximum absolute atomic E-state index is 12.2. The van der Waals surface area contributed by atoms with Gasteiger partial charge in [0.25, 0.3) is 12.4 Å². The quantitative estimate of drug-likeness (QED) is 0.341. The molecule has 0 aliphatic carbocycles. The minimum Gasteiger partial charge on any atom is -0.491 e. The first kappa shape index (κ1) is 26.8. The Bertz CT molecular complexity index is 1180. The molecule has 1 saturated heterocycles. The van der Waals surface area contributed by atoms with Gasteiger partial charge in [-0.25, -0.2) is 15.0 Å². The van der Waals surface area contributed by atoms with Gasteiger partial charge >= 0.3 is 0 Å². The van der Waals surface area contributed by atoms with Crippen molar-refractivity contribution >= 4 is 29.2 Å². The number of benzene rings is 1. The van der Waals surface area contributed by atoms with Gasteiger partial charge in [0.05, 0.1) is 16.9 Å². The highest BCUT2D eigenvalue weighted by Gasteiger charge is 2.20. The van der Waals surface area contributed by atoms with E-state index < -0.39 is 5.91 Å². The van der Waals surface area contributed by atoms with E-state index in [0.717, 1.165) is 37.2 Å². The molecule has 1 aliphatic rings. The number of aromatic nitrogens is 3. The molecule has 2 aromatic heterocycles. The molecular weight excluding hydrogens is 464 g/mol. The van der Waals surface area contributed by atoms with Gasteiger partial charge in [-0.3, -0.25) is 9.59 Å². The zero-order valence-electron chi connectivity index (χ0n) is 20.7. The van der Waals surface area contributed by atoms with E-state index >= 15 is 0 Å². The van der Waals surface area contributed by atoms with Crippen molar-refractivity contribution < 1.29 is 24.2 Å². The van der Waals surface area contributed by atoms with Crippen molar-refractivity contribution in [2.75, 3.05) is 32.1 Å². The Labute approximate surface area is 209 Å². The third-order valence-corrected chi connectivity index (χ3v) is 5.78. The van der Waals surface area contributed by atoms with Gasteiger partial charge in [0.15, 0.2) is 5.82 Å². The van der Waals surface area contributed by atoms with Gasteiger partial charge in [-0.2, -0.15) is 0 Å². The number of primary amides is 1. The first-order valence-corrected chi connectivity index (χ1v) is 11.6. The number of pyridine rings is 1. The maximum Gasteiger partial charge on any atom is 0.290 e. The Kier molecular flexibility index (Phi) is 9.09. The second kappa shape index (κ2) is 12.2. The zero-order valence-corrected chi connectivity index (χ0v) is 20.7. The first-order valence-electron chi connectivity index (χ1n) is 11.6. The molecule has 5 N–H and O–H groups in total. The number of anilines is 1. The number of carbonyl (C=O) groups is 2. The fourth-order valence-corrected chi connectivity index (χ4v) is 3.69. The molecule has 11 heteroatoms. The SMILES string of the molecule is COC(C)(C)COc1ccc(-c2cc(C(N)=O)c3ncnc(N[C@H]4CCCNC4)c3n2)cc1.O=CO. The number of nitrogens with zero attached hydrogens (tertiary/aromatic N) is 3. The number of fused-ring (bicyclic) bond motifs is 1. The van der Waals surface area contributed by atoms with E-state index in [4.69, 9.17) is 30.1 Å². The van der Waals surface area contributed by atoms with Crippen molar-refractivity contribution in [3.05, 3.63) is 42.2 Å². The molecule has 192 valence electrons. The molecule has 0 saturated carbocycles. The van der Waals surface area contributed by atoms with E-state index in [0.29, 0.717) is 34.7 Å². The smallest absolute Gasteiger partial charge is 0.290 e. The summed E-state index contributed by atoms with van der Waals surface area (Å²) in [5.74, 6) is 0.754. The van der Waals surface area contributed by atoms with Crippen LogP contribution in [-0.4, -0.2) is 70.9 Å². The van der Waals surface area contributed by atoms with E-state index in [1.807, 2.05) is 38.1 Å². The molecular formula is C25H32N6O5. The Hall–Kier alpha value is -3.83. The number of hydrogen-bond acceptors (Lipinski definition) is 9. The summed E-state index contributed by atoms with van der Waals surface area (Å²) >= 11 is 0. The lowest BCUT2D eigenvalue weighted by Crippen LogP contribution is -2.38. The van der Waals surface area contributed by atoms with Crippen LogP contribution in [-0.2, 0) is 9.53 Å². The van der Waals surface area contributed by atoms with Gasteiger partial charge in [-0.15, -0.1) is 0 Å². The molecule has 0 bridgehead atoms. The Balaban J connectivity index is 0.00000115. The van der Waals surface area contributed by atoms with Crippen LogP contribution in [0.2, 0.25) is 0 Å². The highest BCUT2D eigenvalue weighted by Crippen LogP contribution is 2.28. The molecule has 3 heterocycles. The third kappa shape index (κ3) is 6.86. The van der Waals surface area contributed by atoms with E-state index in [1.54, 1.807) is 13.2 Å². The lowest BCUT2D eigenvalue weighted by atomic mass is 10.1. The largest absolute Gasteiger partial charge is 0.491 e. The monoisotopic (exact) mass is 496 g/mol. The van der Waals surface area contributed by atoms with Crippen LogP contribution < -0.4 is 21.1 Å². The van der Waals surface area contributed by atoms with Gasteiger partial charge in [0.1, 0.15) is 29.7 Å². The van der Waals surface area contributed by atoms with E-state index in [9.17, 15) is 4.79 Å². The summed E-state index contributed by atoms with van der Waals surface area (Å²) in [6.07, 6.45) is 3.55. The Morgan fingerprint density at radius 1 is 1.28 bits per heavy atom. The minimum atomic E-state index is -0.561. The Morgan fingerprint density at radius 3 is 2.61 bits per heavy atom. The minimum absolute atomic E-state index is 0.229. The molecule has 3 aromatic rings. The molecule has 1 atom stereocenters. The second-order valence-electron chi connectivity index (χ2n) is 8.91. The number of hydrogen-bond donors (Lipinski definition) is 4. The molecule has 1 aromatic carbocycles. The number of carboxylic acid groups (broad SMARTS) is 1. The topological polar surface area (TPSA) is 162 Å². The molecule has 0 unspecified atom stereocenters. The van der Waals surface area contributed by atoms with Crippen LogP contribution in [0, 0.1) is 0 Å². The first-order chi connectivity index (χ1) is 17.3. The summed E-state index contributed by atoms with van der Waals surface area (Å²) in [7, 11) is 1.66. The van der Waals surface area contributed by atoms with Crippen LogP contribution in [0.3, 0.4) is 0 Å². The van der Waals surface area contributed by atoms with Crippen molar-refractivity contribution in [2.45, 2.75) is 38.3 Å². The molecule has 0 radical (unpaired) electrons. The summed E-state index contributed by atoms with van der Waals surface area (Å²) in [5.41, 5.74) is 8.02. The number of nitrogens with one attached hydrogen (secondary N) is 2. The molecule has 1 aliphatic heterocycles. The third-order valence-electron chi connectivity index (χ3n) is 5.78. The molecule has 1 fully saturated rings. The lowest BCUT2D eigenvalue weighted by Gasteiger charge is -2.24. The second-order valence-corrected chi connectivity index (χ2v) is 8.91. The van der Waals surface area contributed by atoms with Crippen molar-refractivity contribution in [3.8, 4) is 17.0 Å². The van der Waals surface area contributed by atoms with Gasteiger partial charge in [0, 0.05) is 25.3 Å². The highest BCUT2D eigenvalue weighted by molar-refractivity contribution is 6.06. The van der Waals surface area contributed by atoms with Gasteiger partial charge in [-0.05, 0) is 63.6 Å². The van der Waals surface area contributed by atoms with E-state index in [2.05, 4.69) is 20.6 Å². The summed E-state index contributed by atoms with van der Waals surface area (Å²) in [5, 5.41) is 13.7. The van der Waals surface area contributed by atoms with Crippen molar-refractivity contribution in [1.82, 2.24) is 20.3 Å². The fourth-order valence-electron chi connectivity index (χ4n) is 3.69. The molecule has 36 heavy (non-hydrogen) atoms. The van der Waals surface area contributed by atoms with E-state index in [1.165, 1.54) is 6.33 Å². The summed E-state index contributed by atoms with van der Waals surface area (Å²) in [6.45, 7) is 5.95. The Morgan fingerprint density at radius 2 is 2.00 bits per heavy atom. The maximum atomic E-state index is 12.2.